The molecule has 1 aliphatic heterocycles. The number of Topliss-reactive ketones (excluding diaryl/α,β-unsaturated/α-hetero) is 1. The smallest absolute Gasteiger partial charge is 0.192 e. The summed E-state index contributed by atoms with van der Waals surface area (Å²) in [6, 6.07) is 8.28. The summed E-state index contributed by atoms with van der Waals surface area (Å²) < 4.78 is 33.2. The molecule has 4 fully saturated rings. The number of rotatable bonds is 6. The number of carbonyl (C=O) groups excluding carboxylic acids is 2. The van der Waals surface area contributed by atoms with E-state index in [2.05, 4.69) is 19.1 Å². The van der Waals surface area contributed by atoms with Crippen LogP contribution in [0.2, 0.25) is 0 Å². The predicted molar refractivity (Wildman–Crippen MR) is 144 cm³/mol. The number of ketones is 2. The van der Waals surface area contributed by atoms with Crippen molar-refractivity contribution < 1.29 is 33.4 Å². The van der Waals surface area contributed by atoms with Crippen LogP contribution < -0.4 is 0 Å². The van der Waals surface area contributed by atoms with Crippen LogP contribution in [-0.2, 0) is 27.4 Å². The Balaban J connectivity index is 1.35. The second-order valence-corrected chi connectivity index (χ2v) is 13.1. The maximum Gasteiger partial charge on any atom is 0.192 e. The summed E-state index contributed by atoms with van der Waals surface area (Å²) in [4.78, 5) is 32.2. The number of hydrogen-bond donors (Lipinski definition) is 2. The van der Waals surface area contributed by atoms with Crippen molar-refractivity contribution in [3.63, 3.8) is 0 Å². The summed E-state index contributed by atoms with van der Waals surface area (Å²) in [5.41, 5.74) is -3.81. The second kappa shape index (κ2) is 9.38. The highest BCUT2D eigenvalue weighted by molar-refractivity contribution is 6.01. The normalized spacial score (nSPS) is 44.0. The van der Waals surface area contributed by atoms with Crippen molar-refractivity contribution in [3.05, 3.63) is 59.2 Å². The van der Waals surface area contributed by atoms with E-state index in [1.54, 1.807) is 12.0 Å². The lowest BCUT2D eigenvalue weighted by molar-refractivity contribution is -0.269. The van der Waals surface area contributed by atoms with E-state index < -0.39 is 58.6 Å². The molecule has 3 saturated carbocycles. The third-order valence-electron chi connectivity index (χ3n) is 11.2. The Labute approximate surface area is 234 Å². The first-order valence-corrected chi connectivity index (χ1v) is 14.6. The maximum atomic E-state index is 17.5. The number of allylic oxidation sites excluding steroid dienone is 4. The number of halogens is 2. The van der Waals surface area contributed by atoms with Gasteiger partial charge in [0.1, 0.15) is 12.8 Å². The number of carbonyl (C=O) groups is 2. The van der Waals surface area contributed by atoms with E-state index in [0.717, 1.165) is 18.4 Å². The first-order valence-electron chi connectivity index (χ1n) is 14.6. The van der Waals surface area contributed by atoms with Crippen molar-refractivity contribution in [2.24, 2.45) is 28.6 Å². The molecule has 0 amide bonds. The van der Waals surface area contributed by atoms with E-state index in [0.29, 0.717) is 19.5 Å². The van der Waals surface area contributed by atoms with Gasteiger partial charge in [0.15, 0.2) is 22.8 Å². The Morgan fingerprint density at radius 1 is 1.15 bits per heavy atom. The largest absolute Gasteiger partial charge is 0.390 e. The Morgan fingerprint density at radius 3 is 2.52 bits per heavy atom. The van der Waals surface area contributed by atoms with Crippen LogP contribution in [0.1, 0.15) is 57.6 Å². The fourth-order valence-electron chi connectivity index (χ4n) is 9.34. The summed E-state index contributed by atoms with van der Waals surface area (Å²) in [7, 11) is 0. The van der Waals surface area contributed by atoms with Crippen LogP contribution in [0, 0.1) is 28.6 Å². The third kappa shape index (κ3) is 3.52. The molecule has 216 valence electrons. The van der Waals surface area contributed by atoms with Crippen LogP contribution >= 0.6 is 0 Å². The number of hydroxylamine groups is 2. The average molecular weight is 556 g/mol. The van der Waals surface area contributed by atoms with Crippen molar-refractivity contribution in [2.45, 2.75) is 83.0 Å². The molecule has 1 saturated heterocycles. The predicted octanol–water partition coefficient (Wildman–Crippen LogP) is 4.23. The molecule has 1 unspecified atom stereocenters. The van der Waals surface area contributed by atoms with Gasteiger partial charge in [-0.3, -0.25) is 14.4 Å². The highest BCUT2D eigenvalue weighted by Gasteiger charge is 2.79. The number of aliphatic hydroxyl groups excluding tert-OH is 2. The van der Waals surface area contributed by atoms with E-state index >= 15 is 8.78 Å². The summed E-state index contributed by atoms with van der Waals surface area (Å²) in [5.74, 6) is -2.57. The van der Waals surface area contributed by atoms with Gasteiger partial charge in [-0.2, -0.15) is 5.06 Å². The van der Waals surface area contributed by atoms with E-state index in [1.807, 2.05) is 19.1 Å². The lowest BCUT2D eigenvalue weighted by atomic mass is 9.44. The molecule has 0 aromatic heterocycles. The van der Waals surface area contributed by atoms with Gasteiger partial charge in [-0.25, -0.2) is 8.78 Å². The highest BCUT2D eigenvalue weighted by atomic mass is 19.1. The van der Waals surface area contributed by atoms with Crippen molar-refractivity contribution >= 4 is 11.6 Å². The zero-order valence-electron chi connectivity index (χ0n) is 23.4. The summed E-state index contributed by atoms with van der Waals surface area (Å²) >= 11 is 0. The van der Waals surface area contributed by atoms with Gasteiger partial charge in [0.2, 0.25) is 0 Å². The number of benzene rings is 1. The zero-order valence-corrected chi connectivity index (χ0v) is 23.4. The lowest BCUT2D eigenvalue weighted by Gasteiger charge is -2.63. The third-order valence-corrected chi connectivity index (χ3v) is 11.2. The minimum absolute atomic E-state index is 0.0753. The van der Waals surface area contributed by atoms with E-state index in [1.165, 1.54) is 23.8 Å². The molecule has 1 heterocycles. The van der Waals surface area contributed by atoms with Gasteiger partial charge in [-0.05, 0) is 67.4 Å². The summed E-state index contributed by atoms with van der Waals surface area (Å²) in [6.45, 7) is 5.67. The van der Waals surface area contributed by atoms with Crippen molar-refractivity contribution in [3.8, 4) is 0 Å². The minimum atomic E-state index is -2.22. The van der Waals surface area contributed by atoms with Gasteiger partial charge >= 0.3 is 0 Å². The Kier molecular flexibility index (Phi) is 6.54. The topological polar surface area (TPSA) is 87.1 Å². The molecule has 5 aliphatic rings. The Hall–Kier alpha value is -2.26. The van der Waals surface area contributed by atoms with Gasteiger partial charge < -0.3 is 10.2 Å². The zero-order chi connectivity index (χ0) is 28.7. The molecule has 0 bridgehead atoms. The van der Waals surface area contributed by atoms with Crippen LogP contribution in [0.15, 0.2) is 48.1 Å². The number of fused-ring (bicyclic) bond motifs is 7. The number of hydrogen-bond acceptors (Lipinski definition) is 6. The quantitative estimate of drug-likeness (QED) is 0.547. The number of nitrogens with zero attached hydrogens (tertiary/aromatic N) is 1. The molecule has 4 aliphatic carbocycles. The van der Waals surface area contributed by atoms with E-state index in [-0.39, 0.29) is 30.1 Å². The minimum Gasteiger partial charge on any atom is -0.390 e. The lowest BCUT2D eigenvalue weighted by Crippen LogP contribution is -2.70. The van der Waals surface area contributed by atoms with Gasteiger partial charge in [0.05, 0.1) is 6.10 Å². The van der Waals surface area contributed by atoms with Gasteiger partial charge in [0.25, 0.3) is 0 Å². The molecule has 8 heteroatoms. The molecular formula is C32H39F2NO5. The highest BCUT2D eigenvalue weighted by Crippen LogP contribution is 2.72. The monoisotopic (exact) mass is 555 g/mol. The molecule has 0 radical (unpaired) electrons. The average Bonchev–Trinajstić information content (AvgIpc) is 3.40. The SMILES string of the molecule is CCCc1ccc(CN2C[C@@H]3CC4[C@@H]5C[C@H](F)C6=CC(=O)C=C[C@]6(C)[C@@]5(F)[C@@H](O)C[C@]4(C)[C@]3(C(=O)CO)O2)cc1. The second-order valence-electron chi connectivity index (χ2n) is 13.1. The molecule has 2 N–H and O–H groups in total. The van der Waals surface area contributed by atoms with Crippen LogP contribution in [0.25, 0.3) is 0 Å². The van der Waals surface area contributed by atoms with Crippen molar-refractivity contribution in [2.75, 3.05) is 13.2 Å². The van der Waals surface area contributed by atoms with Gasteiger partial charge in [-0.15, -0.1) is 0 Å². The van der Waals surface area contributed by atoms with Crippen molar-refractivity contribution in [1.82, 2.24) is 5.06 Å². The number of aryl methyl sites for hydroxylation is 1. The fraction of sp³-hybridized carbons (Fsp3) is 0.625. The Morgan fingerprint density at radius 2 is 1.85 bits per heavy atom. The van der Waals surface area contributed by atoms with E-state index in [4.69, 9.17) is 4.84 Å². The number of alkyl halides is 2. The molecule has 6 rings (SSSR count). The summed E-state index contributed by atoms with van der Waals surface area (Å²) in [6.07, 6.45) is 3.01. The summed E-state index contributed by atoms with van der Waals surface area (Å²) in [5, 5.41) is 23.5. The molecule has 0 spiro atoms. The van der Waals surface area contributed by atoms with Crippen LogP contribution in [-0.4, -0.2) is 63.5 Å². The number of aliphatic hydroxyl groups is 2. The van der Waals surface area contributed by atoms with Crippen LogP contribution in [0.5, 0.6) is 0 Å². The Bertz CT molecular complexity index is 1280. The maximum absolute atomic E-state index is 17.5. The molecule has 1 aromatic rings. The van der Waals surface area contributed by atoms with E-state index in [9.17, 15) is 19.8 Å². The molecule has 40 heavy (non-hydrogen) atoms. The molecule has 1 aromatic carbocycles. The first-order chi connectivity index (χ1) is 18.9. The van der Waals surface area contributed by atoms with Gasteiger partial charge in [0, 0.05) is 35.8 Å². The van der Waals surface area contributed by atoms with Crippen molar-refractivity contribution in [1.29, 1.82) is 0 Å². The van der Waals surface area contributed by atoms with Crippen LogP contribution in [0.4, 0.5) is 8.78 Å². The fourth-order valence-corrected chi connectivity index (χ4v) is 9.34. The molecule has 6 nitrogen and oxygen atoms in total. The van der Waals surface area contributed by atoms with Gasteiger partial charge in [-0.1, -0.05) is 50.6 Å². The first kappa shape index (κ1) is 27.9. The molecule has 9 atom stereocenters. The van der Waals surface area contributed by atoms with Crippen LogP contribution in [0.3, 0.4) is 0 Å². The molecular weight excluding hydrogens is 516 g/mol. The standard InChI is InChI=1S/C32H39F2NO5/c1-4-5-19-6-8-20(9-7-19)16-35-17-21-12-23-24-14-26(33)25-13-22(37)10-11-29(25,2)31(24,34)27(38)15-30(23,3)32(21,40-35)28(39)18-36/h6-11,13,21,23-24,26-27,36,38H,4-5,12,14-18H2,1-3H3/t21-,23?,24-,26-,27-,29-,30-,31-,32-/m0/s1.